The zero-order chi connectivity index (χ0) is 10.0. The van der Waals surface area contributed by atoms with Crippen molar-refractivity contribution in [1.82, 2.24) is 0 Å². The standard InChI is InChI=1S/C8H6ClF2NS/c9-8-4(3-7(12)13)5(10)1-2-6(8)11/h1-2H,3H2,(H2,12,13). The fourth-order valence-corrected chi connectivity index (χ4v) is 1.27. The van der Waals surface area contributed by atoms with Gasteiger partial charge in [-0.05, 0) is 12.1 Å². The first-order valence-corrected chi connectivity index (χ1v) is 4.21. The number of rotatable bonds is 2. The minimum atomic E-state index is -0.672. The molecule has 0 radical (unpaired) electrons. The van der Waals surface area contributed by atoms with Gasteiger partial charge >= 0.3 is 0 Å². The van der Waals surface area contributed by atoms with Crippen LogP contribution in [0.2, 0.25) is 5.02 Å². The SMILES string of the molecule is NC(=S)Cc1c(F)ccc(F)c1Cl. The van der Waals surface area contributed by atoms with E-state index < -0.39 is 11.6 Å². The Morgan fingerprint density at radius 1 is 1.38 bits per heavy atom. The zero-order valence-corrected chi connectivity index (χ0v) is 8.05. The third-order valence-electron chi connectivity index (χ3n) is 1.49. The van der Waals surface area contributed by atoms with E-state index in [0.29, 0.717) is 0 Å². The second-order valence-electron chi connectivity index (χ2n) is 2.46. The van der Waals surface area contributed by atoms with Gasteiger partial charge in [-0.2, -0.15) is 0 Å². The number of benzene rings is 1. The highest BCUT2D eigenvalue weighted by molar-refractivity contribution is 7.80. The topological polar surface area (TPSA) is 26.0 Å². The molecule has 5 heteroatoms. The molecule has 0 bridgehead atoms. The minimum Gasteiger partial charge on any atom is -0.393 e. The summed E-state index contributed by atoms with van der Waals surface area (Å²) < 4.78 is 25.9. The van der Waals surface area contributed by atoms with Crippen molar-refractivity contribution >= 4 is 28.8 Å². The van der Waals surface area contributed by atoms with Crippen molar-refractivity contribution in [3.05, 3.63) is 34.4 Å². The van der Waals surface area contributed by atoms with E-state index >= 15 is 0 Å². The van der Waals surface area contributed by atoms with Crippen LogP contribution in [0, 0.1) is 11.6 Å². The van der Waals surface area contributed by atoms with E-state index in [0.717, 1.165) is 12.1 Å². The van der Waals surface area contributed by atoms with Crippen LogP contribution in [-0.4, -0.2) is 4.99 Å². The molecule has 0 heterocycles. The van der Waals surface area contributed by atoms with Crippen molar-refractivity contribution in [3.63, 3.8) is 0 Å². The largest absolute Gasteiger partial charge is 0.393 e. The molecule has 0 unspecified atom stereocenters. The monoisotopic (exact) mass is 221 g/mol. The van der Waals surface area contributed by atoms with Crippen molar-refractivity contribution in [2.45, 2.75) is 6.42 Å². The summed E-state index contributed by atoms with van der Waals surface area (Å²) in [5, 5.41) is -0.257. The highest BCUT2D eigenvalue weighted by atomic mass is 35.5. The molecular weight excluding hydrogens is 216 g/mol. The molecular formula is C8H6ClF2NS. The molecule has 0 atom stereocenters. The maximum Gasteiger partial charge on any atom is 0.142 e. The molecule has 1 aromatic rings. The van der Waals surface area contributed by atoms with E-state index in [9.17, 15) is 8.78 Å². The van der Waals surface area contributed by atoms with Gasteiger partial charge in [0.2, 0.25) is 0 Å². The van der Waals surface area contributed by atoms with Crippen LogP contribution in [0.1, 0.15) is 5.56 Å². The summed E-state index contributed by atoms with van der Waals surface area (Å²) in [4.78, 5) is 0.0754. The van der Waals surface area contributed by atoms with Gasteiger partial charge in [-0.3, -0.25) is 0 Å². The van der Waals surface area contributed by atoms with E-state index in [-0.39, 0.29) is 22.0 Å². The van der Waals surface area contributed by atoms with Gasteiger partial charge in [-0.15, -0.1) is 0 Å². The molecule has 1 nitrogen and oxygen atoms in total. The number of hydrogen-bond donors (Lipinski definition) is 1. The molecule has 0 spiro atoms. The molecule has 0 aromatic heterocycles. The molecule has 0 saturated carbocycles. The summed E-state index contributed by atoms with van der Waals surface area (Å²) in [6.07, 6.45) is -0.0300. The quantitative estimate of drug-likeness (QED) is 0.613. The lowest BCUT2D eigenvalue weighted by Crippen LogP contribution is -2.13. The first-order chi connectivity index (χ1) is 6.02. The summed E-state index contributed by atoms with van der Waals surface area (Å²) in [5.41, 5.74) is 5.20. The minimum absolute atomic E-state index is 0.00849. The van der Waals surface area contributed by atoms with Gasteiger partial charge in [0, 0.05) is 12.0 Å². The highest BCUT2D eigenvalue weighted by Gasteiger charge is 2.12. The number of nitrogens with two attached hydrogens (primary N) is 1. The third-order valence-corrected chi connectivity index (χ3v) is 2.04. The van der Waals surface area contributed by atoms with Gasteiger partial charge in [0.05, 0.1) is 10.0 Å². The van der Waals surface area contributed by atoms with Crippen molar-refractivity contribution in [3.8, 4) is 0 Å². The van der Waals surface area contributed by atoms with Crippen LogP contribution in [-0.2, 0) is 6.42 Å². The van der Waals surface area contributed by atoms with Crippen LogP contribution in [0.4, 0.5) is 8.78 Å². The first-order valence-electron chi connectivity index (χ1n) is 3.43. The summed E-state index contributed by atoms with van der Waals surface area (Å²) in [7, 11) is 0. The molecule has 0 aliphatic rings. The van der Waals surface area contributed by atoms with Crippen molar-refractivity contribution in [1.29, 1.82) is 0 Å². The van der Waals surface area contributed by atoms with Gasteiger partial charge < -0.3 is 5.73 Å². The summed E-state index contributed by atoms with van der Waals surface area (Å²) >= 11 is 10.1. The lowest BCUT2D eigenvalue weighted by molar-refractivity contribution is 0.591. The molecule has 1 rings (SSSR count). The smallest absolute Gasteiger partial charge is 0.142 e. The molecule has 0 saturated heterocycles. The molecule has 0 amide bonds. The Morgan fingerprint density at radius 2 is 1.92 bits per heavy atom. The molecule has 0 fully saturated rings. The molecule has 70 valence electrons. The Hall–Kier alpha value is -0.740. The Kier molecular flexibility index (Phi) is 3.17. The second kappa shape index (κ2) is 3.98. The van der Waals surface area contributed by atoms with Crippen LogP contribution in [0.15, 0.2) is 12.1 Å². The molecule has 0 aliphatic heterocycles. The van der Waals surface area contributed by atoms with Gasteiger partial charge in [-0.1, -0.05) is 23.8 Å². The molecule has 1 aromatic carbocycles. The summed E-state index contributed by atoms with van der Waals surface area (Å²) in [5.74, 6) is -1.27. The average Bonchev–Trinajstić information content (AvgIpc) is 2.05. The predicted molar refractivity (Wildman–Crippen MR) is 51.9 cm³/mol. The van der Waals surface area contributed by atoms with Gasteiger partial charge in [0.25, 0.3) is 0 Å². The molecule has 0 aliphatic carbocycles. The van der Waals surface area contributed by atoms with E-state index in [2.05, 4.69) is 12.2 Å². The second-order valence-corrected chi connectivity index (χ2v) is 3.37. The fourth-order valence-electron chi connectivity index (χ4n) is 0.905. The van der Waals surface area contributed by atoms with Crippen molar-refractivity contribution < 1.29 is 8.78 Å². The van der Waals surface area contributed by atoms with Crippen LogP contribution < -0.4 is 5.73 Å². The highest BCUT2D eigenvalue weighted by Crippen LogP contribution is 2.23. The summed E-state index contributed by atoms with van der Waals surface area (Å²) in [6, 6.07) is 1.95. The van der Waals surface area contributed by atoms with Crippen molar-refractivity contribution in [2.75, 3.05) is 0 Å². The normalized spacial score (nSPS) is 10.1. The average molecular weight is 222 g/mol. The first kappa shape index (κ1) is 10.3. The maximum atomic E-state index is 13.0. The lowest BCUT2D eigenvalue weighted by Gasteiger charge is -2.04. The van der Waals surface area contributed by atoms with Crippen LogP contribution in [0.3, 0.4) is 0 Å². The van der Waals surface area contributed by atoms with E-state index in [1.807, 2.05) is 0 Å². The van der Waals surface area contributed by atoms with Gasteiger partial charge in [0.1, 0.15) is 11.6 Å². The lowest BCUT2D eigenvalue weighted by atomic mass is 10.1. The van der Waals surface area contributed by atoms with E-state index in [4.69, 9.17) is 17.3 Å². The number of halogens is 3. The number of thiocarbonyl (C=S) groups is 1. The van der Waals surface area contributed by atoms with Gasteiger partial charge in [0.15, 0.2) is 0 Å². The fraction of sp³-hybridized carbons (Fsp3) is 0.125. The van der Waals surface area contributed by atoms with Crippen LogP contribution >= 0.6 is 23.8 Å². The Balaban J connectivity index is 3.17. The predicted octanol–water partition coefficient (Wildman–Crippen LogP) is 2.45. The molecule has 13 heavy (non-hydrogen) atoms. The molecule has 2 N–H and O–H groups in total. The Bertz CT molecular complexity index is 354. The number of hydrogen-bond acceptors (Lipinski definition) is 1. The third kappa shape index (κ3) is 2.35. The Morgan fingerprint density at radius 3 is 2.46 bits per heavy atom. The van der Waals surface area contributed by atoms with E-state index in [1.54, 1.807) is 0 Å². The van der Waals surface area contributed by atoms with E-state index in [1.165, 1.54) is 0 Å². The van der Waals surface area contributed by atoms with Crippen LogP contribution in [0.25, 0.3) is 0 Å². The van der Waals surface area contributed by atoms with Gasteiger partial charge in [-0.25, -0.2) is 8.78 Å². The van der Waals surface area contributed by atoms with Crippen LogP contribution in [0.5, 0.6) is 0 Å². The maximum absolute atomic E-state index is 13.0. The Labute approximate surface area is 84.5 Å². The zero-order valence-electron chi connectivity index (χ0n) is 6.48. The van der Waals surface area contributed by atoms with Crippen molar-refractivity contribution in [2.24, 2.45) is 5.73 Å². The summed E-state index contributed by atoms with van der Waals surface area (Å²) in [6.45, 7) is 0.